The predicted molar refractivity (Wildman–Crippen MR) is 79.6 cm³/mol. The van der Waals surface area contributed by atoms with E-state index in [2.05, 4.69) is 5.32 Å². The molecule has 0 aliphatic rings. The standard InChI is InChI=1S/C17H13F3N2O2/c18-17(19,20)14-9-5-4-8-13(14)15(10-21)22-16(23)24-11-12-6-2-1-3-7-12/h1-9,15H,11H2,(H,22,23). The number of carbonyl (C=O) groups excluding carboxylic acids is 1. The molecular formula is C17H13F3N2O2. The zero-order valence-electron chi connectivity index (χ0n) is 12.4. The van der Waals surface area contributed by atoms with Crippen LogP contribution in [-0.2, 0) is 17.5 Å². The van der Waals surface area contributed by atoms with E-state index >= 15 is 0 Å². The number of halogens is 3. The minimum atomic E-state index is -4.62. The Bertz CT molecular complexity index is 739. The first-order valence-electron chi connectivity index (χ1n) is 6.95. The summed E-state index contributed by atoms with van der Waals surface area (Å²) in [4.78, 5) is 11.8. The summed E-state index contributed by atoms with van der Waals surface area (Å²) in [5.41, 5.74) is -0.582. The molecule has 4 nitrogen and oxygen atoms in total. The molecule has 0 spiro atoms. The topological polar surface area (TPSA) is 62.1 Å². The summed E-state index contributed by atoms with van der Waals surface area (Å²) in [5.74, 6) is 0. The maximum atomic E-state index is 13.0. The molecule has 7 heteroatoms. The van der Waals surface area contributed by atoms with Crippen molar-refractivity contribution in [3.63, 3.8) is 0 Å². The number of benzene rings is 2. The van der Waals surface area contributed by atoms with Gasteiger partial charge in [0, 0.05) is 5.56 Å². The van der Waals surface area contributed by atoms with Crippen molar-refractivity contribution in [2.75, 3.05) is 0 Å². The molecule has 0 aliphatic heterocycles. The normalized spacial score (nSPS) is 12.1. The Morgan fingerprint density at radius 2 is 1.75 bits per heavy atom. The average molecular weight is 334 g/mol. The number of carbonyl (C=O) groups is 1. The van der Waals surface area contributed by atoms with Gasteiger partial charge in [0.1, 0.15) is 12.6 Å². The lowest BCUT2D eigenvalue weighted by Gasteiger charge is -2.17. The first-order valence-corrected chi connectivity index (χ1v) is 6.95. The molecule has 0 heterocycles. The van der Waals surface area contributed by atoms with E-state index < -0.39 is 23.9 Å². The summed E-state index contributed by atoms with van der Waals surface area (Å²) in [6.07, 6.45) is -5.59. The van der Waals surface area contributed by atoms with Crippen LogP contribution in [0.4, 0.5) is 18.0 Å². The number of alkyl carbamates (subject to hydrolysis) is 1. The third kappa shape index (κ3) is 4.49. The average Bonchev–Trinajstić information content (AvgIpc) is 2.58. The van der Waals surface area contributed by atoms with Crippen LogP contribution in [0.1, 0.15) is 22.7 Å². The van der Waals surface area contributed by atoms with E-state index in [0.717, 1.165) is 17.7 Å². The monoisotopic (exact) mass is 334 g/mol. The molecule has 124 valence electrons. The summed E-state index contributed by atoms with van der Waals surface area (Å²) < 4.78 is 43.9. The van der Waals surface area contributed by atoms with Crippen LogP contribution in [0.5, 0.6) is 0 Å². The van der Waals surface area contributed by atoms with Crippen LogP contribution in [0.3, 0.4) is 0 Å². The lowest BCUT2D eigenvalue weighted by Crippen LogP contribution is -2.29. The van der Waals surface area contributed by atoms with Crippen molar-refractivity contribution in [1.29, 1.82) is 5.26 Å². The van der Waals surface area contributed by atoms with Gasteiger partial charge < -0.3 is 10.1 Å². The van der Waals surface area contributed by atoms with E-state index in [4.69, 9.17) is 10.00 Å². The fraction of sp³-hybridized carbons (Fsp3) is 0.176. The number of nitrogens with zero attached hydrogens (tertiary/aromatic N) is 1. The number of nitrogens with one attached hydrogen (secondary N) is 1. The van der Waals surface area contributed by atoms with Crippen molar-refractivity contribution in [2.45, 2.75) is 18.8 Å². The summed E-state index contributed by atoms with van der Waals surface area (Å²) in [6.45, 7) is -0.0499. The van der Waals surface area contributed by atoms with Crippen molar-refractivity contribution in [1.82, 2.24) is 5.32 Å². The quantitative estimate of drug-likeness (QED) is 0.911. The van der Waals surface area contributed by atoms with Crippen molar-refractivity contribution in [2.24, 2.45) is 0 Å². The third-order valence-electron chi connectivity index (χ3n) is 3.18. The molecule has 1 atom stereocenters. The van der Waals surface area contributed by atoms with E-state index in [1.54, 1.807) is 36.4 Å². The van der Waals surface area contributed by atoms with Gasteiger partial charge in [0.05, 0.1) is 11.6 Å². The highest BCUT2D eigenvalue weighted by Gasteiger charge is 2.35. The molecule has 0 aromatic heterocycles. The number of rotatable bonds is 4. The minimum Gasteiger partial charge on any atom is -0.445 e. The highest BCUT2D eigenvalue weighted by Crippen LogP contribution is 2.34. The highest BCUT2D eigenvalue weighted by molar-refractivity contribution is 5.68. The Balaban J connectivity index is 2.08. The fourth-order valence-electron chi connectivity index (χ4n) is 2.07. The van der Waals surface area contributed by atoms with E-state index in [1.165, 1.54) is 12.1 Å². The lowest BCUT2D eigenvalue weighted by molar-refractivity contribution is -0.138. The first-order chi connectivity index (χ1) is 11.4. The van der Waals surface area contributed by atoms with Gasteiger partial charge in [-0.05, 0) is 11.6 Å². The molecule has 0 saturated carbocycles. The van der Waals surface area contributed by atoms with Gasteiger partial charge in [0.15, 0.2) is 0 Å². The van der Waals surface area contributed by atoms with Crippen molar-refractivity contribution in [3.05, 3.63) is 71.3 Å². The van der Waals surface area contributed by atoms with Gasteiger partial charge >= 0.3 is 12.3 Å². The zero-order chi connectivity index (χ0) is 17.6. The van der Waals surface area contributed by atoms with Crippen LogP contribution in [0.15, 0.2) is 54.6 Å². The van der Waals surface area contributed by atoms with Gasteiger partial charge in [0.25, 0.3) is 0 Å². The van der Waals surface area contributed by atoms with Crippen molar-refractivity contribution < 1.29 is 22.7 Å². The SMILES string of the molecule is N#CC(NC(=O)OCc1ccccc1)c1ccccc1C(F)(F)F. The summed E-state index contributed by atoms with van der Waals surface area (Å²) in [5, 5.41) is 11.3. The van der Waals surface area contributed by atoms with Crippen LogP contribution < -0.4 is 5.32 Å². The van der Waals surface area contributed by atoms with E-state index in [0.29, 0.717) is 0 Å². The molecule has 2 rings (SSSR count). The molecular weight excluding hydrogens is 321 g/mol. The Kier molecular flexibility index (Phi) is 5.42. The summed E-state index contributed by atoms with van der Waals surface area (Å²) >= 11 is 0. The van der Waals surface area contributed by atoms with Crippen LogP contribution in [0.25, 0.3) is 0 Å². The van der Waals surface area contributed by atoms with Gasteiger partial charge in [-0.2, -0.15) is 18.4 Å². The molecule has 1 N–H and O–H groups in total. The van der Waals surface area contributed by atoms with Crippen LogP contribution in [0.2, 0.25) is 0 Å². The molecule has 0 bridgehead atoms. The minimum absolute atomic E-state index is 0.0499. The zero-order valence-corrected chi connectivity index (χ0v) is 12.4. The van der Waals surface area contributed by atoms with Crippen LogP contribution in [-0.4, -0.2) is 6.09 Å². The molecule has 0 aliphatic carbocycles. The Morgan fingerprint density at radius 3 is 2.38 bits per heavy atom. The van der Waals surface area contributed by atoms with E-state index in [-0.39, 0.29) is 12.2 Å². The number of alkyl halides is 3. The maximum Gasteiger partial charge on any atom is 0.416 e. The fourth-order valence-corrected chi connectivity index (χ4v) is 2.07. The molecule has 0 radical (unpaired) electrons. The second kappa shape index (κ2) is 7.51. The summed E-state index contributed by atoms with van der Waals surface area (Å²) in [7, 11) is 0. The summed E-state index contributed by atoms with van der Waals surface area (Å²) in [6, 6.07) is 13.5. The number of hydrogen-bond acceptors (Lipinski definition) is 3. The number of ether oxygens (including phenoxy) is 1. The predicted octanol–water partition coefficient (Wildman–Crippen LogP) is 4.20. The van der Waals surface area contributed by atoms with Gasteiger partial charge in [0.2, 0.25) is 0 Å². The van der Waals surface area contributed by atoms with Gasteiger partial charge in [-0.1, -0.05) is 48.5 Å². The van der Waals surface area contributed by atoms with Crippen molar-refractivity contribution >= 4 is 6.09 Å². The second-order valence-electron chi connectivity index (χ2n) is 4.85. The highest BCUT2D eigenvalue weighted by atomic mass is 19.4. The van der Waals surface area contributed by atoms with Gasteiger partial charge in [-0.25, -0.2) is 4.79 Å². The second-order valence-corrected chi connectivity index (χ2v) is 4.85. The van der Waals surface area contributed by atoms with Gasteiger partial charge in [-0.3, -0.25) is 0 Å². The maximum absolute atomic E-state index is 13.0. The van der Waals surface area contributed by atoms with E-state index in [1.807, 2.05) is 0 Å². The Morgan fingerprint density at radius 1 is 1.12 bits per heavy atom. The molecule has 1 amide bonds. The molecule has 0 fully saturated rings. The molecule has 24 heavy (non-hydrogen) atoms. The Hall–Kier alpha value is -3.01. The largest absolute Gasteiger partial charge is 0.445 e. The van der Waals surface area contributed by atoms with Gasteiger partial charge in [-0.15, -0.1) is 0 Å². The molecule has 2 aromatic rings. The molecule has 1 unspecified atom stereocenters. The molecule has 0 saturated heterocycles. The van der Waals surface area contributed by atoms with E-state index in [9.17, 15) is 18.0 Å². The number of amides is 1. The smallest absolute Gasteiger partial charge is 0.416 e. The lowest BCUT2D eigenvalue weighted by atomic mass is 10.0. The first kappa shape index (κ1) is 17.3. The van der Waals surface area contributed by atoms with Crippen molar-refractivity contribution in [3.8, 4) is 6.07 Å². The number of hydrogen-bond donors (Lipinski definition) is 1. The third-order valence-corrected chi connectivity index (χ3v) is 3.18. The van der Waals surface area contributed by atoms with Crippen LogP contribution in [0, 0.1) is 11.3 Å². The Labute approximate surface area is 136 Å². The number of nitriles is 1. The molecule has 2 aromatic carbocycles. The van der Waals surface area contributed by atoms with Crippen LogP contribution >= 0.6 is 0 Å².